The van der Waals surface area contributed by atoms with Crippen LogP contribution in [0.4, 0.5) is 0 Å². The molecule has 0 aliphatic heterocycles. The van der Waals surface area contributed by atoms with E-state index in [0.29, 0.717) is 17.1 Å². The Bertz CT molecular complexity index is 849. The Morgan fingerprint density at radius 1 is 1.00 bits per heavy atom. The van der Waals surface area contributed by atoms with Crippen molar-refractivity contribution in [1.29, 1.82) is 0 Å². The number of carbonyl (C=O) groups is 2. The van der Waals surface area contributed by atoms with E-state index in [2.05, 4.69) is 26.8 Å². The minimum atomic E-state index is -0.459. The summed E-state index contributed by atoms with van der Waals surface area (Å²) in [6, 6.07) is 10.5. The van der Waals surface area contributed by atoms with Gasteiger partial charge in [-0.15, -0.1) is 0 Å². The topological polar surface area (TPSA) is 76.7 Å². The van der Waals surface area contributed by atoms with Crippen molar-refractivity contribution in [3.05, 3.63) is 63.6 Å². The minimum Gasteiger partial charge on any atom is -0.493 e. The highest BCUT2D eigenvalue weighted by Crippen LogP contribution is 2.27. The van der Waals surface area contributed by atoms with Crippen LogP contribution in [-0.4, -0.2) is 26.0 Å². The maximum atomic E-state index is 12.0. The standard InChI is InChI=1S/C19H19BrN2O4/c1-12-4-7-14(11-15(12)20)19(24)22-21-18(23)9-6-13-5-8-16(25-2)17(10-13)26-3/h4-11H,1-3H3,(H,21,23)(H,22,24). The smallest absolute Gasteiger partial charge is 0.269 e. The Labute approximate surface area is 160 Å². The molecule has 2 aromatic carbocycles. The number of carbonyl (C=O) groups excluding carboxylic acids is 2. The van der Waals surface area contributed by atoms with Gasteiger partial charge in [0.15, 0.2) is 11.5 Å². The highest BCUT2D eigenvalue weighted by Gasteiger charge is 2.08. The maximum absolute atomic E-state index is 12.0. The molecule has 0 radical (unpaired) electrons. The third-order valence-corrected chi connectivity index (χ3v) is 4.42. The van der Waals surface area contributed by atoms with Gasteiger partial charge in [0.25, 0.3) is 11.8 Å². The number of ether oxygens (including phenoxy) is 2. The summed E-state index contributed by atoms with van der Waals surface area (Å²) in [7, 11) is 3.09. The van der Waals surface area contributed by atoms with E-state index in [9.17, 15) is 9.59 Å². The molecule has 136 valence electrons. The Hall–Kier alpha value is -2.80. The summed E-state index contributed by atoms with van der Waals surface area (Å²) in [5.74, 6) is 0.303. The fraction of sp³-hybridized carbons (Fsp3) is 0.158. The molecule has 0 saturated heterocycles. The second kappa shape index (κ2) is 9.05. The molecule has 0 atom stereocenters. The van der Waals surface area contributed by atoms with E-state index in [1.54, 1.807) is 43.5 Å². The summed E-state index contributed by atoms with van der Waals surface area (Å²) in [4.78, 5) is 23.9. The average molecular weight is 419 g/mol. The van der Waals surface area contributed by atoms with E-state index in [1.165, 1.54) is 13.2 Å². The van der Waals surface area contributed by atoms with E-state index in [-0.39, 0.29) is 0 Å². The van der Waals surface area contributed by atoms with Crippen molar-refractivity contribution >= 4 is 33.8 Å². The lowest BCUT2D eigenvalue weighted by molar-refractivity contribution is -0.117. The summed E-state index contributed by atoms with van der Waals surface area (Å²) in [5.41, 5.74) is 6.92. The van der Waals surface area contributed by atoms with Crippen LogP contribution in [0.15, 0.2) is 46.9 Å². The first-order chi connectivity index (χ1) is 12.4. The van der Waals surface area contributed by atoms with Crippen LogP contribution < -0.4 is 20.3 Å². The first kappa shape index (κ1) is 19.5. The van der Waals surface area contributed by atoms with Crippen LogP contribution in [0, 0.1) is 6.92 Å². The lowest BCUT2D eigenvalue weighted by Gasteiger charge is -2.08. The molecule has 0 heterocycles. The van der Waals surface area contributed by atoms with Gasteiger partial charge in [0, 0.05) is 16.1 Å². The average Bonchev–Trinajstić information content (AvgIpc) is 2.66. The predicted molar refractivity (Wildman–Crippen MR) is 103 cm³/mol. The van der Waals surface area contributed by atoms with Crippen LogP contribution >= 0.6 is 15.9 Å². The molecule has 0 saturated carbocycles. The largest absolute Gasteiger partial charge is 0.493 e. The number of rotatable bonds is 5. The van der Waals surface area contributed by atoms with Crippen LogP contribution in [0.25, 0.3) is 6.08 Å². The first-order valence-corrected chi connectivity index (χ1v) is 8.50. The number of hydrazine groups is 1. The quantitative estimate of drug-likeness (QED) is 0.576. The Kier molecular flexibility index (Phi) is 6.80. The number of hydrogen-bond acceptors (Lipinski definition) is 4. The van der Waals surface area contributed by atoms with Gasteiger partial charge in [-0.3, -0.25) is 20.4 Å². The third kappa shape index (κ3) is 5.10. The highest BCUT2D eigenvalue weighted by molar-refractivity contribution is 9.10. The number of aryl methyl sites for hydroxylation is 1. The molecule has 0 aliphatic rings. The molecule has 0 aromatic heterocycles. The van der Waals surface area contributed by atoms with Crippen molar-refractivity contribution in [2.45, 2.75) is 6.92 Å². The molecule has 2 rings (SSSR count). The second-order valence-corrected chi connectivity index (χ2v) is 6.21. The van der Waals surface area contributed by atoms with Crippen molar-refractivity contribution in [3.8, 4) is 11.5 Å². The van der Waals surface area contributed by atoms with E-state index < -0.39 is 11.8 Å². The number of nitrogens with one attached hydrogen (secondary N) is 2. The maximum Gasteiger partial charge on any atom is 0.269 e. The summed E-state index contributed by atoms with van der Waals surface area (Å²) in [6.45, 7) is 1.92. The molecule has 0 unspecified atom stereocenters. The van der Waals surface area contributed by atoms with Gasteiger partial charge in [-0.2, -0.15) is 0 Å². The van der Waals surface area contributed by atoms with Crippen LogP contribution in [0.2, 0.25) is 0 Å². The minimum absolute atomic E-state index is 0.404. The van der Waals surface area contributed by atoms with E-state index in [0.717, 1.165) is 15.6 Å². The Balaban J connectivity index is 1.94. The summed E-state index contributed by atoms with van der Waals surface area (Å²) in [5, 5.41) is 0. The number of hydrogen-bond donors (Lipinski definition) is 2. The molecular weight excluding hydrogens is 400 g/mol. The van der Waals surface area contributed by atoms with E-state index in [4.69, 9.17) is 9.47 Å². The number of benzene rings is 2. The zero-order valence-corrected chi connectivity index (χ0v) is 16.2. The molecule has 2 aromatic rings. The molecule has 2 N–H and O–H groups in total. The third-order valence-electron chi connectivity index (χ3n) is 3.57. The van der Waals surface area contributed by atoms with Crippen molar-refractivity contribution in [2.24, 2.45) is 0 Å². The molecule has 0 fully saturated rings. The fourth-order valence-corrected chi connectivity index (χ4v) is 2.47. The van der Waals surface area contributed by atoms with Gasteiger partial charge in [-0.25, -0.2) is 0 Å². The highest BCUT2D eigenvalue weighted by atomic mass is 79.9. The van der Waals surface area contributed by atoms with Gasteiger partial charge in [-0.1, -0.05) is 28.1 Å². The van der Waals surface area contributed by atoms with E-state index >= 15 is 0 Å². The fourth-order valence-electron chi connectivity index (χ4n) is 2.09. The number of amides is 2. The van der Waals surface area contributed by atoms with Gasteiger partial charge in [0.05, 0.1) is 14.2 Å². The summed E-state index contributed by atoms with van der Waals surface area (Å²) in [6.07, 6.45) is 2.92. The SMILES string of the molecule is COc1ccc(C=CC(=O)NNC(=O)c2ccc(C)c(Br)c2)cc1OC. The van der Waals surface area contributed by atoms with Crippen molar-refractivity contribution in [1.82, 2.24) is 10.9 Å². The van der Waals surface area contributed by atoms with Crippen LogP contribution in [0.5, 0.6) is 11.5 Å². The molecular formula is C19H19BrN2O4. The summed E-state index contributed by atoms with van der Waals surface area (Å²) < 4.78 is 11.2. The normalized spacial score (nSPS) is 10.5. The molecule has 6 nitrogen and oxygen atoms in total. The van der Waals surface area contributed by atoms with Crippen molar-refractivity contribution in [2.75, 3.05) is 14.2 Å². The molecule has 0 spiro atoms. The van der Waals surface area contributed by atoms with Gasteiger partial charge in [0.1, 0.15) is 0 Å². The Morgan fingerprint density at radius 3 is 2.38 bits per heavy atom. The zero-order chi connectivity index (χ0) is 19.1. The zero-order valence-electron chi connectivity index (χ0n) is 14.6. The van der Waals surface area contributed by atoms with Crippen LogP contribution in [0.3, 0.4) is 0 Å². The lowest BCUT2D eigenvalue weighted by atomic mass is 10.1. The summed E-state index contributed by atoms with van der Waals surface area (Å²) >= 11 is 3.37. The second-order valence-electron chi connectivity index (χ2n) is 5.36. The van der Waals surface area contributed by atoms with E-state index in [1.807, 2.05) is 13.0 Å². The van der Waals surface area contributed by atoms with Gasteiger partial charge < -0.3 is 9.47 Å². The molecule has 0 bridgehead atoms. The van der Waals surface area contributed by atoms with Crippen molar-refractivity contribution < 1.29 is 19.1 Å². The molecule has 2 amide bonds. The number of halogens is 1. The lowest BCUT2D eigenvalue weighted by Crippen LogP contribution is -2.40. The van der Waals surface area contributed by atoms with Gasteiger partial charge in [0.2, 0.25) is 0 Å². The van der Waals surface area contributed by atoms with Gasteiger partial charge >= 0.3 is 0 Å². The Morgan fingerprint density at radius 2 is 1.73 bits per heavy atom. The molecule has 0 aliphatic carbocycles. The number of methoxy groups -OCH3 is 2. The van der Waals surface area contributed by atoms with Crippen LogP contribution in [-0.2, 0) is 4.79 Å². The predicted octanol–water partition coefficient (Wildman–Crippen LogP) is 3.25. The first-order valence-electron chi connectivity index (χ1n) is 7.71. The molecule has 26 heavy (non-hydrogen) atoms. The van der Waals surface area contributed by atoms with Gasteiger partial charge in [-0.05, 0) is 48.4 Å². The van der Waals surface area contributed by atoms with Crippen LogP contribution in [0.1, 0.15) is 21.5 Å². The molecule has 7 heteroatoms. The monoisotopic (exact) mass is 418 g/mol. The van der Waals surface area contributed by atoms with Crippen molar-refractivity contribution in [3.63, 3.8) is 0 Å².